The van der Waals surface area contributed by atoms with E-state index in [1.54, 1.807) is 24.3 Å². The average Bonchev–Trinajstić information content (AvgIpc) is 2.59. The topological polar surface area (TPSA) is 58.6 Å². The fourth-order valence-electron chi connectivity index (χ4n) is 2.11. The Morgan fingerprint density at radius 3 is 2.24 bits per heavy atom. The highest BCUT2D eigenvalue weighted by Gasteiger charge is 2.23. The standard InChI is InChI=1S/C17H15F3N2O3/c1-10(23)22(14-8-7-13(18)16(19)17(14)20)9-15(24)21-11-3-5-12(25-2)6-4-11/h3-8H,9H2,1-2H3,(H,21,24). The molecule has 2 amide bonds. The molecule has 0 heterocycles. The lowest BCUT2D eigenvalue weighted by Crippen LogP contribution is -2.37. The number of carbonyl (C=O) groups excluding carboxylic acids is 2. The van der Waals surface area contributed by atoms with Crippen molar-refractivity contribution in [1.29, 1.82) is 0 Å². The number of nitrogens with zero attached hydrogens (tertiary/aromatic N) is 1. The van der Waals surface area contributed by atoms with Gasteiger partial charge in [-0.2, -0.15) is 0 Å². The van der Waals surface area contributed by atoms with Crippen LogP contribution in [-0.4, -0.2) is 25.5 Å². The first-order chi connectivity index (χ1) is 11.8. The molecule has 0 fully saturated rings. The van der Waals surface area contributed by atoms with Gasteiger partial charge in [0.1, 0.15) is 12.3 Å². The second-order valence-corrected chi connectivity index (χ2v) is 5.08. The summed E-state index contributed by atoms with van der Waals surface area (Å²) in [7, 11) is 1.49. The molecular weight excluding hydrogens is 337 g/mol. The van der Waals surface area contributed by atoms with Crippen LogP contribution in [0.15, 0.2) is 36.4 Å². The maximum absolute atomic E-state index is 13.9. The molecule has 2 aromatic carbocycles. The Bertz CT molecular complexity index is 794. The zero-order chi connectivity index (χ0) is 18.6. The van der Waals surface area contributed by atoms with Crippen LogP contribution in [0.1, 0.15) is 6.92 Å². The molecule has 0 aliphatic rings. The third-order valence-electron chi connectivity index (χ3n) is 3.36. The lowest BCUT2D eigenvalue weighted by Gasteiger charge is -2.21. The Labute approximate surface area is 142 Å². The molecule has 1 N–H and O–H groups in total. The Morgan fingerprint density at radius 1 is 1.04 bits per heavy atom. The Kier molecular flexibility index (Phi) is 5.63. The van der Waals surface area contributed by atoms with E-state index in [-0.39, 0.29) is 0 Å². The molecule has 0 unspecified atom stereocenters. The molecule has 2 rings (SSSR count). The lowest BCUT2D eigenvalue weighted by atomic mass is 10.2. The number of amides is 2. The first-order valence-electron chi connectivity index (χ1n) is 7.19. The fourth-order valence-corrected chi connectivity index (χ4v) is 2.11. The number of halogens is 3. The molecule has 132 valence electrons. The largest absolute Gasteiger partial charge is 0.497 e. The minimum absolute atomic E-state index is 0.431. The molecule has 0 atom stereocenters. The van der Waals surface area contributed by atoms with Crippen LogP contribution < -0.4 is 15.0 Å². The van der Waals surface area contributed by atoms with E-state index in [4.69, 9.17) is 4.74 Å². The molecule has 0 saturated heterocycles. The van der Waals surface area contributed by atoms with Crippen molar-refractivity contribution in [1.82, 2.24) is 0 Å². The number of benzene rings is 2. The van der Waals surface area contributed by atoms with Crippen LogP contribution in [0.4, 0.5) is 24.5 Å². The molecule has 0 aromatic heterocycles. The van der Waals surface area contributed by atoms with E-state index < -0.39 is 41.5 Å². The summed E-state index contributed by atoms with van der Waals surface area (Å²) in [6.07, 6.45) is 0. The molecule has 5 nitrogen and oxygen atoms in total. The fraction of sp³-hybridized carbons (Fsp3) is 0.176. The highest BCUT2D eigenvalue weighted by molar-refractivity contribution is 6.01. The smallest absolute Gasteiger partial charge is 0.244 e. The van der Waals surface area contributed by atoms with Gasteiger partial charge in [-0.1, -0.05) is 0 Å². The van der Waals surface area contributed by atoms with Crippen molar-refractivity contribution < 1.29 is 27.5 Å². The molecule has 0 bridgehead atoms. The van der Waals surface area contributed by atoms with Crippen molar-refractivity contribution in [3.8, 4) is 5.75 Å². The van der Waals surface area contributed by atoms with Crippen molar-refractivity contribution in [3.63, 3.8) is 0 Å². The number of carbonyl (C=O) groups is 2. The summed E-state index contributed by atoms with van der Waals surface area (Å²) in [5.41, 5.74) is -0.0867. The molecule has 2 aromatic rings. The SMILES string of the molecule is COc1ccc(NC(=O)CN(C(C)=O)c2ccc(F)c(F)c2F)cc1. The molecule has 8 heteroatoms. The predicted octanol–water partition coefficient (Wildman–Crippen LogP) is 3.10. The number of anilines is 2. The van der Waals surface area contributed by atoms with Gasteiger partial charge < -0.3 is 15.0 Å². The third-order valence-corrected chi connectivity index (χ3v) is 3.36. The Balaban J connectivity index is 2.17. The van der Waals surface area contributed by atoms with Crippen molar-refractivity contribution in [2.45, 2.75) is 6.92 Å². The normalized spacial score (nSPS) is 10.3. The minimum atomic E-state index is -1.71. The summed E-state index contributed by atoms with van der Waals surface area (Å²) in [5.74, 6) is -5.37. The van der Waals surface area contributed by atoms with Gasteiger partial charge in [0.05, 0.1) is 12.8 Å². The second kappa shape index (κ2) is 7.69. The van der Waals surface area contributed by atoms with E-state index >= 15 is 0 Å². The van der Waals surface area contributed by atoms with E-state index in [1.165, 1.54) is 7.11 Å². The van der Waals surface area contributed by atoms with Gasteiger partial charge >= 0.3 is 0 Å². The first-order valence-corrected chi connectivity index (χ1v) is 7.19. The van der Waals surface area contributed by atoms with Crippen LogP contribution in [-0.2, 0) is 9.59 Å². The predicted molar refractivity (Wildman–Crippen MR) is 86.0 cm³/mol. The van der Waals surface area contributed by atoms with Crippen LogP contribution in [0.2, 0.25) is 0 Å². The van der Waals surface area contributed by atoms with Crippen molar-refractivity contribution >= 4 is 23.2 Å². The van der Waals surface area contributed by atoms with E-state index in [0.29, 0.717) is 17.5 Å². The summed E-state index contributed by atoms with van der Waals surface area (Å²) < 4.78 is 45.3. The van der Waals surface area contributed by atoms with Crippen LogP contribution in [0.3, 0.4) is 0 Å². The number of ether oxygens (including phenoxy) is 1. The molecule has 0 saturated carbocycles. The molecule has 0 aliphatic carbocycles. The third kappa shape index (κ3) is 4.28. The average molecular weight is 352 g/mol. The van der Waals surface area contributed by atoms with Crippen molar-refractivity contribution in [2.75, 3.05) is 23.9 Å². The maximum atomic E-state index is 13.9. The Morgan fingerprint density at radius 2 is 1.68 bits per heavy atom. The van der Waals surface area contributed by atoms with Gasteiger partial charge in [0.25, 0.3) is 0 Å². The van der Waals surface area contributed by atoms with E-state index in [0.717, 1.165) is 17.9 Å². The maximum Gasteiger partial charge on any atom is 0.244 e. The van der Waals surface area contributed by atoms with Crippen molar-refractivity contribution in [2.24, 2.45) is 0 Å². The Hall–Kier alpha value is -3.03. The number of rotatable bonds is 5. The number of methoxy groups -OCH3 is 1. The molecular formula is C17H15F3N2O3. The lowest BCUT2D eigenvalue weighted by molar-refractivity contribution is -0.120. The van der Waals surface area contributed by atoms with Gasteiger partial charge in [0.15, 0.2) is 17.5 Å². The van der Waals surface area contributed by atoms with E-state index in [2.05, 4.69) is 5.32 Å². The number of hydrogen-bond acceptors (Lipinski definition) is 3. The molecule has 25 heavy (non-hydrogen) atoms. The monoisotopic (exact) mass is 352 g/mol. The summed E-state index contributed by atoms with van der Waals surface area (Å²) >= 11 is 0. The van der Waals surface area contributed by atoms with Gasteiger partial charge in [-0.3, -0.25) is 9.59 Å². The highest BCUT2D eigenvalue weighted by Crippen LogP contribution is 2.24. The van der Waals surface area contributed by atoms with Crippen LogP contribution >= 0.6 is 0 Å². The van der Waals surface area contributed by atoms with Gasteiger partial charge in [-0.05, 0) is 36.4 Å². The van der Waals surface area contributed by atoms with Crippen LogP contribution in [0.5, 0.6) is 5.75 Å². The van der Waals surface area contributed by atoms with E-state index in [1.807, 2.05) is 0 Å². The summed E-state index contributed by atoms with van der Waals surface area (Å²) in [6, 6.07) is 7.97. The molecule has 0 spiro atoms. The zero-order valence-electron chi connectivity index (χ0n) is 13.5. The van der Waals surface area contributed by atoms with E-state index in [9.17, 15) is 22.8 Å². The zero-order valence-corrected chi connectivity index (χ0v) is 13.5. The minimum Gasteiger partial charge on any atom is -0.497 e. The van der Waals surface area contributed by atoms with Gasteiger partial charge in [0, 0.05) is 12.6 Å². The first kappa shape index (κ1) is 18.3. The summed E-state index contributed by atoms with van der Waals surface area (Å²) in [6.45, 7) is 0.519. The van der Waals surface area contributed by atoms with Crippen LogP contribution in [0, 0.1) is 17.5 Å². The highest BCUT2D eigenvalue weighted by atomic mass is 19.2. The summed E-state index contributed by atoms with van der Waals surface area (Å²) in [4.78, 5) is 24.5. The van der Waals surface area contributed by atoms with Gasteiger partial charge in [0.2, 0.25) is 11.8 Å². The van der Waals surface area contributed by atoms with Gasteiger partial charge in [-0.25, -0.2) is 13.2 Å². The second-order valence-electron chi connectivity index (χ2n) is 5.08. The van der Waals surface area contributed by atoms with Crippen molar-refractivity contribution in [3.05, 3.63) is 53.8 Å². The number of nitrogens with one attached hydrogen (secondary N) is 1. The summed E-state index contributed by atoms with van der Waals surface area (Å²) in [5, 5.41) is 2.52. The molecule has 0 aliphatic heterocycles. The van der Waals surface area contributed by atoms with Gasteiger partial charge in [-0.15, -0.1) is 0 Å². The number of hydrogen-bond donors (Lipinski definition) is 1. The molecule has 0 radical (unpaired) electrons. The van der Waals surface area contributed by atoms with Crippen LogP contribution in [0.25, 0.3) is 0 Å². The quantitative estimate of drug-likeness (QED) is 0.842.